The first-order valence-corrected chi connectivity index (χ1v) is 11.8. The smallest absolute Gasteiger partial charge is 0.306 e. The Bertz CT molecular complexity index is 649. The van der Waals surface area contributed by atoms with Crippen LogP contribution in [0, 0.1) is 46.3 Å². The molecule has 0 bridgehead atoms. The van der Waals surface area contributed by atoms with Crippen molar-refractivity contribution in [3.8, 4) is 0 Å². The molecule has 2 N–H and O–H groups in total. The molecule has 158 valence electrons. The van der Waals surface area contributed by atoms with E-state index in [1.54, 1.807) is 0 Å². The van der Waals surface area contributed by atoms with Gasteiger partial charge in [-0.1, -0.05) is 20.8 Å². The summed E-state index contributed by atoms with van der Waals surface area (Å²) in [6, 6.07) is 0. The Balaban J connectivity index is 1.49. The molecular weight excluding hydrogens is 352 g/mol. The molecule has 11 atom stereocenters. The number of hydrogen-bond donors (Lipinski definition) is 2. The average Bonchev–Trinajstić information content (AvgIpc) is 2.84. The van der Waals surface area contributed by atoms with Crippen LogP contribution in [-0.2, 0) is 9.53 Å². The van der Waals surface area contributed by atoms with Gasteiger partial charge in [-0.25, -0.2) is 0 Å². The Labute approximate surface area is 169 Å². The maximum atomic E-state index is 12.2. The van der Waals surface area contributed by atoms with Crippen LogP contribution in [0.3, 0.4) is 0 Å². The summed E-state index contributed by atoms with van der Waals surface area (Å²) in [6.45, 7) is 7.21. The van der Waals surface area contributed by atoms with Crippen LogP contribution in [-0.4, -0.2) is 34.5 Å². The highest BCUT2D eigenvalue weighted by atomic mass is 16.5. The molecule has 4 nitrogen and oxygen atoms in total. The fourth-order valence-electron chi connectivity index (χ4n) is 9.12. The van der Waals surface area contributed by atoms with E-state index in [-0.39, 0.29) is 35.1 Å². The molecule has 1 heterocycles. The molecule has 1 aliphatic heterocycles. The first-order valence-electron chi connectivity index (χ1n) is 11.8. The van der Waals surface area contributed by atoms with Gasteiger partial charge in [-0.2, -0.15) is 0 Å². The fraction of sp³-hybridized carbons (Fsp3) is 0.958. The highest BCUT2D eigenvalue weighted by molar-refractivity contribution is 5.70. The zero-order valence-electron chi connectivity index (χ0n) is 17.8. The van der Waals surface area contributed by atoms with Gasteiger partial charge in [0, 0.05) is 12.3 Å². The lowest BCUT2D eigenvalue weighted by Gasteiger charge is -2.62. The topological polar surface area (TPSA) is 66.8 Å². The van der Waals surface area contributed by atoms with Crippen LogP contribution in [0.4, 0.5) is 0 Å². The van der Waals surface area contributed by atoms with Crippen LogP contribution in [0.25, 0.3) is 0 Å². The number of rotatable bonds is 0. The van der Waals surface area contributed by atoms with E-state index in [1.807, 2.05) is 0 Å². The summed E-state index contributed by atoms with van der Waals surface area (Å²) in [7, 11) is 0. The first kappa shape index (κ1) is 19.4. The molecule has 0 radical (unpaired) electrons. The zero-order chi connectivity index (χ0) is 19.8. The van der Waals surface area contributed by atoms with E-state index in [1.165, 1.54) is 12.8 Å². The van der Waals surface area contributed by atoms with E-state index in [2.05, 4.69) is 20.8 Å². The van der Waals surface area contributed by atoms with Gasteiger partial charge in [0.15, 0.2) is 0 Å². The van der Waals surface area contributed by atoms with E-state index >= 15 is 0 Å². The predicted molar refractivity (Wildman–Crippen MR) is 106 cm³/mol. The second-order valence-corrected chi connectivity index (χ2v) is 11.6. The molecule has 5 rings (SSSR count). The van der Waals surface area contributed by atoms with E-state index in [4.69, 9.17) is 4.74 Å². The standard InChI is InChI=1S/C24H38O4/c1-13-4-5-20(27)28-19-12-17-21-16(7-9-24(17,3)22(13)19)23(2)8-6-15(25)10-14(23)11-18(21)26/h13-19,21-22,25-26H,4-12H2,1-3H3/t13-,14+,15-,16+,17+,18-,19-,21-,22?,23+,24+/m1/s1. The van der Waals surface area contributed by atoms with Gasteiger partial charge in [0.25, 0.3) is 0 Å². The van der Waals surface area contributed by atoms with Crippen LogP contribution in [0.2, 0.25) is 0 Å². The molecule has 0 amide bonds. The molecule has 4 heteroatoms. The maximum absolute atomic E-state index is 12.2. The molecule has 1 unspecified atom stereocenters. The summed E-state index contributed by atoms with van der Waals surface area (Å²) in [6.07, 6.45) is 8.11. The largest absolute Gasteiger partial charge is 0.462 e. The van der Waals surface area contributed by atoms with E-state index in [0.29, 0.717) is 41.9 Å². The Morgan fingerprint density at radius 3 is 2.50 bits per heavy atom. The van der Waals surface area contributed by atoms with Gasteiger partial charge in [-0.15, -0.1) is 0 Å². The monoisotopic (exact) mass is 390 g/mol. The second-order valence-electron chi connectivity index (χ2n) is 11.6. The predicted octanol–water partition coefficient (Wildman–Crippen LogP) is 3.93. The fourth-order valence-corrected chi connectivity index (χ4v) is 9.12. The molecule has 0 aromatic carbocycles. The van der Waals surface area contributed by atoms with Crippen LogP contribution < -0.4 is 0 Å². The van der Waals surface area contributed by atoms with Crippen molar-refractivity contribution in [1.82, 2.24) is 0 Å². The summed E-state index contributed by atoms with van der Waals surface area (Å²) in [5, 5.41) is 21.5. The van der Waals surface area contributed by atoms with Gasteiger partial charge < -0.3 is 14.9 Å². The van der Waals surface area contributed by atoms with Crippen LogP contribution in [0.1, 0.15) is 78.6 Å². The highest BCUT2D eigenvalue weighted by Crippen LogP contribution is 2.69. The summed E-state index contributed by atoms with van der Waals surface area (Å²) in [5.74, 6) is 2.70. The summed E-state index contributed by atoms with van der Waals surface area (Å²) >= 11 is 0. The minimum absolute atomic E-state index is 0.0179. The number of aliphatic hydroxyl groups excluding tert-OH is 2. The summed E-state index contributed by atoms with van der Waals surface area (Å²) < 4.78 is 5.97. The van der Waals surface area contributed by atoms with Crippen molar-refractivity contribution >= 4 is 5.97 Å². The third-order valence-electron chi connectivity index (χ3n) is 10.4. The Kier molecular flexibility index (Phi) is 4.45. The number of carbonyl (C=O) groups excluding carboxylic acids is 1. The second kappa shape index (κ2) is 6.44. The minimum Gasteiger partial charge on any atom is -0.462 e. The summed E-state index contributed by atoms with van der Waals surface area (Å²) in [5.41, 5.74) is 0.422. The number of fused-ring (bicyclic) bond motifs is 7. The quantitative estimate of drug-likeness (QED) is 0.615. The molecule has 28 heavy (non-hydrogen) atoms. The normalized spacial score (nSPS) is 58.6. The van der Waals surface area contributed by atoms with Crippen molar-refractivity contribution < 1.29 is 19.7 Å². The lowest BCUT2D eigenvalue weighted by atomic mass is 9.43. The zero-order valence-corrected chi connectivity index (χ0v) is 17.8. The van der Waals surface area contributed by atoms with Gasteiger partial charge in [0.05, 0.1) is 12.2 Å². The molecular formula is C24H38O4. The lowest BCUT2D eigenvalue weighted by Crippen LogP contribution is -2.58. The Morgan fingerprint density at radius 1 is 0.964 bits per heavy atom. The molecule has 0 aromatic heterocycles. The van der Waals surface area contributed by atoms with Crippen LogP contribution in [0.15, 0.2) is 0 Å². The Morgan fingerprint density at radius 2 is 1.71 bits per heavy atom. The molecule has 1 saturated heterocycles. The van der Waals surface area contributed by atoms with Crippen molar-refractivity contribution in [2.24, 2.45) is 46.3 Å². The lowest BCUT2D eigenvalue weighted by molar-refractivity contribution is -0.174. The van der Waals surface area contributed by atoms with Gasteiger partial charge in [0.2, 0.25) is 0 Å². The number of ether oxygens (including phenoxy) is 1. The van der Waals surface area contributed by atoms with Gasteiger partial charge in [-0.3, -0.25) is 4.79 Å². The SMILES string of the molecule is C[C@@H]1CCC(=O)O[C@@H]2C[C@H]3[C@@H]4[C@H](O)C[C@@H]5C[C@H](O)CC[C@]5(C)[C@H]4CC[C@]3(C)C12. The minimum atomic E-state index is -0.272. The number of carbonyl (C=O) groups is 1. The van der Waals surface area contributed by atoms with E-state index in [9.17, 15) is 15.0 Å². The van der Waals surface area contributed by atoms with E-state index < -0.39 is 0 Å². The molecule has 0 spiro atoms. The first-order chi connectivity index (χ1) is 13.2. The van der Waals surface area contributed by atoms with Crippen molar-refractivity contribution in [1.29, 1.82) is 0 Å². The molecule has 5 aliphatic rings. The number of hydrogen-bond acceptors (Lipinski definition) is 4. The number of aliphatic hydroxyl groups is 2. The molecule has 0 aromatic rings. The van der Waals surface area contributed by atoms with Crippen molar-refractivity contribution in [2.75, 3.05) is 0 Å². The van der Waals surface area contributed by atoms with Crippen molar-refractivity contribution in [3.63, 3.8) is 0 Å². The van der Waals surface area contributed by atoms with Crippen LogP contribution in [0.5, 0.6) is 0 Å². The van der Waals surface area contributed by atoms with Gasteiger partial charge >= 0.3 is 5.97 Å². The van der Waals surface area contributed by atoms with Gasteiger partial charge in [0.1, 0.15) is 6.10 Å². The van der Waals surface area contributed by atoms with Gasteiger partial charge in [-0.05, 0) is 91.8 Å². The molecule has 5 fully saturated rings. The highest BCUT2D eigenvalue weighted by Gasteiger charge is 2.65. The van der Waals surface area contributed by atoms with Crippen molar-refractivity contribution in [3.05, 3.63) is 0 Å². The number of esters is 1. The third kappa shape index (κ3) is 2.59. The molecule has 4 aliphatic carbocycles. The summed E-state index contributed by atoms with van der Waals surface area (Å²) in [4.78, 5) is 12.2. The van der Waals surface area contributed by atoms with Crippen molar-refractivity contribution in [2.45, 2.75) is 96.9 Å². The average molecular weight is 391 g/mol. The Hall–Kier alpha value is -0.610. The molecule has 4 saturated carbocycles. The van der Waals surface area contributed by atoms with E-state index in [0.717, 1.165) is 38.5 Å². The maximum Gasteiger partial charge on any atom is 0.306 e. The third-order valence-corrected chi connectivity index (χ3v) is 10.4. The van der Waals surface area contributed by atoms with Crippen LogP contribution >= 0.6 is 0 Å².